The Morgan fingerprint density at radius 3 is 2.33 bits per heavy atom. The number of carboxylic acids is 1. The molecule has 230 valence electrons. The molecule has 0 aromatic heterocycles. The molecule has 1 aliphatic rings. The quantitative estimate of drug-likeness (QED) is 0.220. The van der Waals surface area contributed by atoms with Gasteiger partial charge < -0.3 is 39.4 Å². The van der Waals surface area contributed by atoms with E-state index in [1.807, 2.05) is 58.0 Å². The number of urea groups is 1. The monoisotopic (exact) mass is 584 g/mol. The number of amides is 2. The summed E-state index contributed by atoms with van der Waals surface area (Å²) in [5.41, 5.74) is 0.710. The Labute approximate surface area is 248 Å². The van der Waals surface area contributed by atoms with Crippen molar-refractivity contribution >= 4 is 12.0 Å². The minimum Gasteiger partial charge on any atom is -0.493 e. The molecular weight excluding hydrogens is 540 g/mol. The molecular formula is C32H44N2O8. The zero-order valence-corrected chi connectivity index (χ0v) is 25.2. The Morgan fingerprint density at radius 1 is 1.10 bits per heavy atom. The minimum absolute atomic E-state index is 0.175. The second kappa shape index (κ2) is 15.0. The molecule has 1 fully saturated rings. The lowest BCUT2D eigenvalue weighted by atomic mass is 9.74. The average Bonchev–Trinajstić information content (AvgIpc) is 2.93. The second-order valence-electron chi connectivity index (χ2n) is 10.4. The molecule has 0 spiro atoms. The summed E-state index contributed by atoms with van der Waals surface area (Å²) in [6.07, 6.45) is 0.300. The van der Waals surface area contributed by atoms with E-state index in [2.05, 4.69) is 11.9 Å². The first-order chi connectivity index (χ1) is 20.1. The van der Waals surface area contributed by atoms with Crippen LogP contribution in [0.1, 0.15) is 82.4 Å². The Kier molecular flexibility index (Phi) is 11.8. The Morgan fingerprint density at radius 2 is 1.76 bits per heavy atom. The summed E-state index contributed by atoms with van der Waals surface area (Å²) in [6.45, 7) is 13.9. The van der Waals surface area contributed by atoms with Crippen molar-refractivity contribution in [2.75, 3.05) is 26.4 Å². The lowest BCUT2D eigenvalue weighted by Crippen LogP contribution is -2.66. The number of ether oxygens (including phenoxy) is 4. The van der Waals surface area contributed by atoms with Gasteiger partial charge in [0.25, 0.3) is 0 Å². The van der Waals surface area contributed by atoms with Crippen molar-refractivity contribution in [1.29, 1.82) is 0 Å². The van der Waals surface area contributed by atoms with Crippen molar-refractivity contribution in [2.45, 2.75) is 77.4 Å². The van der Waals surface area contributed by atoms with Gasteiger partial charge in [-0.15, -0.1) is 0 Å². The van der Waals surface area contributed by atoms with Crippen LogP contribution in [0.4, 0.5) is 4.79 Å². The van der Waals surface area contributed by atoms with Gasteiger partial charge in [-0.3, -0.25) is 0 Å². The molecule has 10 heteroatoms. The van der Waals surface area contributed by atoms with Gasteiger partial charge in [0.05, 0.1) is 49.4 Å². The molecule has 1 unspecified atom stereocenters. The number of aliphatic hydroxyl groups is 1. The van der Waals surface area contributed by atoms with E-state index in [9.17, 15) is 19.8 Å². The van der Waals surface area contributed by atoms with Crippen LogP contribution in [0.15, 0.2) is 55.3 Å². The fraction of sp³-hybridized carbons (Fsp3) is 0.500. The lowest BCUT2D eigenvalue weighted by Gasteiger charge is -2.45. The molecule has 1 aliphatic carbocycles. The van der Waals surface area contributed by atoms with Gasteiger partial charge in [0.2, 0.25) is 0 Å². The zero-order chi connectivity index (χ0) is 30.9. The first-order valence-electron chi connectivity index (χ1n) is 14.4. The van der Waals surface area contributed by atoms with Crippen LogP contribution in [0, 0.1) is 0 Å². The molecule has 2 amide bonds. The number of aliphatic carboxylic acids is 1. The minimum atomic E-state index is -1.42. The van der Waals surface area contributed by atoms with Gasteiger partial charge in [0.15, 0.2) is 0 Å². The van der Waals surface area contributed by atoms with E-state index in [-0.39, 0.29) is 38.2 Å². The number of nitrogens with one attached hydrogen (secondary N) is 1. The van der Waals surface area contributed by atoms with E-state index < -0.39 is 29.7 Å². The molecule has 3 rings (SSSR count). The Bertz CT molecular complexity index is 1200. The van der Waals surface area contributed by atoms with E-state index in [0.29, 0.717) is 35.8 Å². The van der Waals surface area contributed by atoms with E-state index in [4.69, 9.17) is 18.9 Å². The number of hydrogen-bond acceptors (Lipinski definition) is 7. The van der Waals surface area contributed by atoms with Crippen LogP contribution < -0.4 is 14.8 Å². The van der Waals surface area contributed by atoms with Crippen molar-refractivity contribution in [3.05, 3.63) is 72.0 Å². The van der Waals surface area contributed by atoms with Crippen molar-refractivity contribution in [3.63, 3.8) is 0 Å². The largest absolute Gasteiger partial charge is 0.493 e. The summed E-state index contributed by atoms with van der Waals surface area (Å²) < 4.78 is 23.1. The maximum atomic E-state index is 13.8. The number of carboxylic acid groups (broad SMARTS) is 1. The van der Waals surface area contributed by atoms with Crippen LogP contribution >= 0.6 is 0 Å². The van der Waals surface area contributed by atoms with Gasteiger partial charge in [-0.1, -0.05) is 36.9 Å². The molecule has 0 radical (unpaired) electrons. The van der Waals surface area contributed by atoms with E-state index in [0.717, 1.165) is 5.56 Å². The standard InChI is InChI=1S/C32H44N2O8/c1-7-39-26-19-32(20-26,30(36)37)33-31(38)34(15-16-42-23(6)24-13-11-10-12-14-24)21(4)25-17-27(40-8-2)29(22(5)35)28(18-25)41-9-3/h8,10-14,17-18,21-23,26,35H,2,7,9,15-16,19-20H2,1,3-6H3,(H,33,38)(H,36,37)/t21-,22?,23+,26?,32?/m1/s1. The summed E-state index contributed by atoms with van der Waals surface area (Å²) in [6, 6.07) is 12.1. The SMILES string of the molecule is C=COc1cc([C@@H](C)N(CCO[C@@H](C)c2ccccc2)C(=O)NC2(C(=O)O)CC(OCC)C2)cc(OCC)c1C(C)O. The third-order valence-electron chi connectivity index (χ3n) is 7.54. The predicted molar refractivity (Wildman–Crippen MR) is 159 cm³/mol. The van der Waals surface area contributed by atoms with Crippen molar-refractivity contribution < 1.29 is 38.7 Å². The second-order valence-corrected chi connectivity index (χ2v) is 10.4. The first-order valence-corrected chi connectivity index (χ1v) is 14.4. The summed E-state index contributed by atoms with van der Waals surface area (Å²) in [5.74, 6) is -0.332. The topological polar surface area (TPSA) is 127 Å². The van der Waals surface area contributed by atoms with Crippen LogP contribution in [-0.2, 0) is 14.3 Å². The maximum Gasteiger partial charge on any atom is 0.329 e. The van der Waals surface area contributed by atoms with Crippen LogP contribution in [0.5, 0.6) is 11.5 Å². The summed E-state index contributed by atoms with van der Waals surface area (Å²) in [5, 5.41) is 23.3. The third kappa shape index (κ3) is 7.81. The lowest BCUT2D eigenvalue weighted by molar-refractivity contribution is -0.156. The molecule has 0 saturated heterocycles. The average molecular weight is 585 g/mol. The van der Waals surface area contributed by atoms with Gasteiger partial charge >= 0.3 is 12.0 Å². The van der Waals surface area contributed by atoms with Crippen LogP contribution in [0.3, 0.4) is 0 Å². The fourth-order valence-electron chi connectivity index (χ4n) is 5.21. The van der Waals surface area contributed by atoms with E-state index >= 15 is 0 Å². The summed E-state index contributed by atoms with van der Waals surface area (Å²) in [4.78, 5) is 27.6. The number of rotatable bonds is 16. The summed E-state index contributed by atoms with van der Waals surface area (Å²) >= 11 is 0. The third-order valence-corrected chi connectivity index (χ3v) is 7.54. The molecule has 3 atom stereocenters. The number of carbonyl (C=O) groups excluding carboxylic acids is 1. The van der Waals surface area contributed by atoms with Gasteiger partial charge in [-0.05, 0) is 57.9 Å². The van der Waals surface area contributed by atoms with Gasteiger partial charge in [0.1, 0.15) is 17.0 Å². The Balaban J connectivity index is 1.92. The highest BCUT2D eigenvalue weighted by molar-refractivity contribution is 5.87. The van der Waals surface area contributed by atoms with Gasteiger partial charge in [0, 0.05) is 26.0 Å². The highest BCUT2D eigenvalue weighted by Gasteiger charge is 2.53. The van der Waals surface area contributed by atoms with Crippen molar-refractivity contribution in [2.24, 2.45) is 0 Å². The van der Waals surface area contributed by atoms with E-state index in [1.54, 1.807) is 24.0 Å². The van der Waals surface area contributed by atoms with Gasteiger partial charge in [-0.25, -0.2) is 9.59 Å². The van der Waals surface area contributed by atoms with Crippen molar-refractivity contribution in [1.82, 2.24) is 10.2 Å². The summed E-state index contributed by atoms with van der Waals surface area (Å²) in [7, 11) is 0. The zero-order valence-electron chi connectivity index (χ0n) is 25.2. The fourth-order valence-corrected chi connectivity index (χ4v) is 5.21. The molecule has 0 heterocycles. The first kappa shape index (κ1) is 32.9. The molecule has 0 aliphatic heterocycles. The van der Waals surface area contributed by atoms with Gasteiger partial charge in [-0.2, -0.15) is 0 Å². The van der Waals surface area contributed by atoms with E-state index in [1.165, 1.54) is 6.26 Å². The molecule has 2 aromatic carbocycles. The predicted octanol–water partition coefficient (Wildman–Crippen LogP) is 5.53. The van der Waals surface area contributed by atoms with Crippen molar-refractivity contribution in [3.8, 4) is 11.5 Å². The number of carbonyl (C=O) groups is 2. The molecule has 0 bridgehead atoms. The van der Waals surface area contributed by atoms with Crippen LogP contribution in [0.25, 0.3) is 0 Å². The molecule has 1 saturated carbocycles. The number of nitrogens with zero attached hydrogens (tertiary/aromatic N) is 1. The van der Waals surface area contributed by atoms with Crippen LogP contribution in [0.2, 0.25) is 0 Å². The highest BCUT2D eigenvalue weighted by atomic mass is 16.5. The molecule has 3 N–H and O–H groups in total. The smallest absolute Gasteiger partial charge is 0.329 e. The maximum absolute atomic E-state index is 13.8. The number of benzene rings is 2. The highest BCUT2D eigenvalue weighted by Crippen LogP contribution is 2.40. The molecule has 10 nitrogen and oxygen atoms in total. The number of hydrogen-bond donors (Lipinski definition) is 3. The Hall–Kier alpha value is -3.60. The molecule has 2 aromatic rings. The number of aliphatic hydroxyl groups excluding tert-OH is 1. The normalized spacial score (nSPS) is 20.0. The molecule has 42 heavy (non-hydrogen) atoms. The van der Waals surface area contributed by atoms with Crippen LogP contribution in [-0.4, -0.2) is 65.1 Å².